The number of likely N-dealkylation sites (tertiary alicyclic amines) is 1. The third-order valence-corrected chi connectivity index (χ3v) is 4.97. The predicted molar refractivity (Wildman–Crippen MR) is 110 cm³/mol. The molecule has 7 nitrogen and oxygen atoms in total. The average molecular weight is 415 g/mol. The van der Waals surface area contributed by atoms with Crippen molar-refractivity contribution in [1.82, 2.24) is 9.88 Å². The van der Waals surface area contributed by atoms with Gasteiger partial charge in [0.1, 0.15) is 24.3 Å². The SMILES string of the molecule is N#Cc1ccc(OCC(O)CN2CCCC(C(=O)Nc3ccc(Cl)cn3)C2)cc1. The Morgan fingerprint density at radius 2 is 2.17 bits per heavy atom. The van der Waals surface area contributed by atoms with Gasteiger partial charge in [-0.05, 0) is 55.8 Å². The molecule has 3 rings (SSSR count). The molecular formula is C21H23ClN4O3. The van der Waals surface area contributed by atoms with Crippen LogP contribution in [-0.2, 0) is 4.79 Å². The van der Waals surface area contributed by atoms with Crippen molar-refractivity contribution in [3.63, 3.8) is 0 Å². The van der Waals surface area contributed by atoms with E-state index in [0.717, 1.165) is 19.4 Å². The van der Waals surface area contributed by atoms with Crippen molar-refractivity contribution in [2.24, 2.45) is 5.92 Å². The second-order valence-corrected chi connectivity index (χ2v) is 7.49. The number of piperidine rings is 1. The number of pyridine rings is 1. The molecule has 1 amide bonds. The zero-order valence-electron chi connectivity index (χ0n) is 15.9. The zero-order chi connectivity index (χ0) is 20.6. The van der Waals surface area contributed by atoms with Crippen LogP contribution in [0.15, 0.2) is 42.6 Å². The van der Waals surface area contributed by atoms with Crippen molar-refractivity contribution >= 4 is 23.3 Å². The molecule has 2 aromatic rings. The van der Waals surface area contributed by atoms with Gasteiger partial charge in [-0.3, -0.25) is 9.69 Å². The molecule has 1 aromatic carbocycles. The highest BCUT2D eigenvalue weighted by molar-refractivity contribution is 6.30. The third kappa shape index (κ3) is 6.43. The van der Waals surface area contributed by atoms with Crippen LogP contribution in [-0.4, -0.2) is 53.2 Å². The summed E-state index contributed by atoms with van der Waals surface area (Å²) in [6, 6.07) is 12.2. The number of nitrogens with zero attached hydrogens (tertiary/aromatic N) is 3. The minimum Gasteiger partial charge on any atom is -0.491 e. The standard InChI is InChI=1S/C21H23ClN4O3/c22-17-5-8-20(24-11-17)25-21(28)16-2-1-9-26(12-16)13-18(27)14-29-19-6-3-15(10-23)4-7-19/h3-8,11,16,18,27H,1-2,9,12-14H2,(H,24,25,28). The summed E-state index contributed by atoms with van der Waals surface area (Å²) in [4.78, 5) is 18.7. The number of halogens is 1. The lowest BCUT2D eigenvalue weighted by Gasteiger charge is -2.33. The summed E-state index contributed by atoms with van der Waals surface area (Å²) >= 11 is 5.81. The monoisotopic (exact) mass is 414 g/mol. The van der Waals surface area contributed by atoms with Gasteiger partial charge in [-0.2, -0.15) is 5.26 Å². The summed E-state index contributed by atoms with van der Waals surface area (Å²) < 4.78 is 5.59. The molecule has 1 aromatic heterocycles. The van der Waals surface area contributed by atoms with Crippen LogP contribution >= 0.6 is 11.6 Å². The maximum Gasteiger partial charge on any atom is 0.229 e. The van der Waals surface area contributed by atoms with E-state index in [-0.39, 0.29) is 18.4 Å². The molecule has 1 aliphatic heterocycles. The number of anilines is 1. The first-order valence-corrected chi connectivity index (χ1v) is 9.87. The lowest BCUT2D eigenvalue weighted by molar-refractivity contribution is -0.121. The van der Waals surface area contributed by atoms with Gasteiger partial charge in [-0.15, -0.1) is 0 Å². The highest BCUT2D eigenvalue weighted by Crippen LogP contribution is 2.19. The first-order valence-electron chi connectivity index (χ1n) is 9.49. The van der Waals surface area contributed by atoms with Crippen molar-refractivity contribution in [2.75, 3.05) is 31.6 Å². The number of carbonyl (C=O) groups excluding carboxylic acids is 1. The Labute approximate surface area is 174 Å². The van der Waals surface area contributed by atoms with Gasteiger partial charge in [0.05, 0.1) is 22.6 Å². The fourth-order valence-corrected chi connectivity index (χ4v) is 3.39. The highest BCUT2D eigenvalue weighted by atomic mass is 35.5. The number of nitrogens with one attached hydrogen (secondary N) is 1. The average Bonchev–Trinajstić information content (AvgIpc) is 2.74. The molecular weight excluding hydrogens is 392 g/mol. The molecule has 0 spiro atoms. The summed E-state index contributed by atoms with van der Waals surface area (Å²) in [5.41, 5.74) is 0.560. The number of aromatic nitrogens is 1. The van der Waals surface area contributed by atoms with Gasteiger partial charge >= 0.3 is 0 Å². The number of aliphatic hydroxyl groups excluding tert-OH is 1. The van der Waals surface area contributed by atoms with Crippen LogP contribution in [0.5, 0.6) is 5.75 Å². The van der Waals surface area contributed by atoms with Crippen molar-refractivity contribution in [3.05, 3.63) is 53.2 Å². The summed E-state index contributed by atoms with van der Waals surface area (Å²) in [5, 5.41) is 22.5. The number of β-amino-alcohol motifs (C(OH)–C–C–N with tert-alkyl or cyclic N) is 1. The van der Waals surface area contributed by atoms with Crippen LogP contribution in [0.1, 0.15) is 18.4 Å². The molecule has 152 valence electrons. The van der Waals surface area contributed by atoms with Crippen molar-refractivity contribution < 1.29 is 14.6 Å². The van der Waals surface area contributed by atoms with Crippen molar-refractivity contribution in [1.29, 1.82) is 5.26 Å². The highest BCUT2D eigenvalue weighted by Gasteiger charge is 2.27. The quantitative estimate of drug-likeness (QED) is 0.722. The fourth-order valence-electron chi connectivity index (χ4n) is 3.28. The normalized spacial score (nSPS) is 17.9. The minimum atomic E-state index is -0.676. The third-order valence-electron chi connectivity index (χ3n) is 4.75. The number of carbonyl (C=O) groups is 1. The van der Waals surface area contributed by atoms with E-state index >= 15 is 0 Å². The lowest BCUT2D eigenvalue weighted by atomic mass is 9.97. The zero-order valence-corrected chi connectivity index (χ0v) is 16.7. The van der Waals surface area contributed by atoms with E-state index in [4.69, 9.17) is 21.6 Å². The second kappa shape index (κ2) is 10.2. The van der Waals surface area contributed by atoms with Crippen molar-refractivity contribution in [3.8, 4) is 11.8 Å². The lowest BCUT2D eigenvalue weighted by Crippen LogP contribution is -2.44. The van der Waals surface area contributed by atoms with Crippen LogP contribution in [0.25, 0.3) is 0 Å². The van der Waals surface area contributed by atoms with Gasteiger partial charge < -0.3 is 15.2 Å². The molecule has 1 saturated heterocycles. The maximum absolute atomic E-state index is 12.5. The second-order valence-electron chi connectivity index (χ2n) is 7.05. The minimum absolute atomic E-state index is 0.0761. The first-order chi connectivity index (χ1) is 14.0. The van der Waals surface area contributed by atoms with Gasteiger partial charge in [0.25, 0.3) is 0 Å². The largest absolute Gasteiger partial charge is 0.491 e. The van der Waals surface area contributed by atoms with Gasteiger partial charge in [0.15, 0.2) is 0 Å². The van der Waals surface area contributed by atoms with Gasteiger partial charge in [0.2, 0.25) is 5.91 Å². The maximum atomic E-state index is 12.5. The number of nitriles is 1. The van der Waals surface area contributed by atoms with Gasteiger partial charge in [-0.1, -0.05) is 11.6 Å². The number of rotatable bonds is 7. The Morgan fingerprint density at radius 3 is 2.86 bits per heavy atom. The molecule has 0 bridgehead atoms. The molecule has 0 saturated carbocycles. The molecule has 0 radical (unpaired) electrons. The Kier molecular flexibility index (Phi) is 7.42. The first kappa shape index (κ1) is 21.1. The molecule has 2 N–H and O–H groups in total. The summed E-state index contributed by atoms with van der Waals surface area (Å²) in [6.07, 6.45) is 2.50. The smallest absolute Gasteiger partial charge is 0.229 e. The number of aliphatic hydroxyl groups is 1. The van der Waals surface area contributed by atoms with E-state index in [0.29, 0.717) is 35.2 Å². The summed E-state index contributed by atoms with van der Waals surface area (Å²) in [7, 11) is 0. The number of hydrogen-bond acceptors (Lipinski definition) is 6. The van der Waals surface area contributed by atoms with Crippen LogP contribution in [0.2, 0.25) is 5.02 Å². The van der Waals surface area contributed by atoms with E-state index in [1.54, 1.807) is 36.4 Å². The molecule has 1 aliphatic rings. The van der Waals surface area contributed by atoms with Crippen LogP contribution in [0.3, 0.4) is 0 Å². The molecule has 29 heavy (non-hydrogen) atoms. The topological polar surface area (TPSA) is 98.5 Å². The molecule has 2 unspecified atom stereocenters. The Hall–Kier alpha value is -2.66. The van der Waals surface area contributed by atoms with Crippen molar-refractivity contribution in [2.45, 2.75) is 18.9 Å². The van der Waals surface area contributed by atoms with Gasteiger partial charge in [0, 0.05) is 19.3 Å². The van der Waals surface area contributed by atoms with Crippen LogP contribution in [0.4, 0.5) is 5.82 Å². The Bertz CT molecular complexity index is 852. The van der Waals surface area contributed by atoms with Gasteiger partial charge in [-0.25, -0.2) is 4.98 Å². The number of hydrogen-bond donors (Lipinski definition) is 2. The molecule has 2 heterocycles. The van der Waals surface area contributed by atoms with E-state index in [9.17, 15) is 9.90 Å². The Morgan fingerprint density at radius 1 is 1.38 bits per heavy atom. The van der Waals surface area contributed by atoms with E-state index in [1.165, 1.54) is 6.20 Å². The number of ether oxygens (including phenoxy) is 1. The van der Waals surface area contributed by atoms with E-state index in [1.807, 2.05) is 0 Å². The molecule has 0 aliphatic carbocycles. The number of benzene rings is 1. The summed E-state index contributed by atoms with van der Waals surface area (Å²) in [5.74, 6) is 0.850. The van der Waals surface area contributed by atoms with E-state index in [2.05, 4.69) is 21.3 Å². The molecule has 1 fully saturated rings. The van der Waals surface area contributed by atoms with E-state index < -0.39 is 6.10 Å². The van der Waals surface area contributed by atoms with Crippen LogP contribution < -0.4 is 10.1 Å². The fraction of sp³-hybridized carbons (Fsp3) is 0.381. The van der Waals surface area contributed by atoms with Crippen LogP contribution in [0, 0.1) is 17.2 Å². The number of amides is 1. The molecule has 2 atom stereocenters. The summed E-state index contributed by atoms with van der Waals surface area (Å²) in [6.45, 7) is 1.98. The molecule has 8 heteroatoms. The predicted octanol–water partition coefficient (Wildman–Crippen LogP) is 2.70. The Balaban J connectivity index is 1.45.